The van der Waals surface area contributed by atoms with E-state index in [1.807, 2.05) is 6.92 Å². The maximum absolute atomic E-state index is 12.1. The Kier molecular flexibility index (Phi) is 4.88. The van der Waals surface area contributed by atoms with Gasteiger partial charge in [0, 0.05) is 10.7 Å². The summed E-state index contributed by atoms with van der Waals surface area (Å²) in [6, 6.07) is 11.8. The highest BCUT2D eigenvalue weighted by atomic mass is 35.5. The number of aryl methyl sites for hydroxylation is 1. The fourth-order valence-electron chi connectivity index (χ4n) is 1.91. The summed E-state index contributed by atoms with van der Waals surface area (Å²) in [5, 5.41) is 9.58. The van der Waals surface area contributed by atoms with Crippen LogP contribution in [0.25, 0.3) is 0 Å². The van der Waals surface area contributed by atoms with Crippen LogP contribution >= 0.6 is 11.6 Å². The zero-order valence-electron chi connectivity index (χ0n) is 11.5. The molecule has 2 N–H and O–H groups in total. The molecule has 0 spiro atoms. The predicted octanol–water partition coefficient (Wildman–Crippen LogP) is 3.08. The SMILES string of the molecule is Cc1ccc(NS(=O)(=O)Cc2cccc(CO)c2)cc1Cl. The lowest BCUT2D eigenvalue weighted by Gasteiger charge is -2.10. The van der Waals surface area contributed by atoms with E-state index < -0.39 is 10.0 Å². The number of benzene rings is 2. The van der Waals surface area contributed by atoms with Crippen LogP contribution in [0.1, 0.15) is 16.7 Å². The zero-order valence-corrected chi connectivity index (χ0v) is 13.1. The molecule has 2 aromatic carbocycles. The van der Waals surface area contributed by atoms with Crippen LogP contribution in [0.5, 0.6) is 0 Å². The minimum atomic E-state index is -3.53. The van der Waals surface area contributed by atoms with Crippen molar-refractivity contribution in [3.8, 4) is 0 Å². The van der Waals surface area contributed by atoms with Gasteiger partial charge in [0.25, 0.3) is 0 Å². The molecular formula is C15H16ClNO3S. The predicted molar refractivity (Wildman–Crippen MR) is 84.8 cm³/mol. The Bertz CT molecular complexity index is 744. The van der Waals surface area contributed by atoms with Crippen molar-refractivity contribution in [1.82, 2.24) is 0 Å². The Morgan fingerprint density at radius 3 is 2.52 bits per heavy atom. The van der Waals surface area contributed by atoms with E-state index in [9.17, 15) is 8.42 Å². The molecule has 2 aromatic rings. The number of halogens is 1. The number of hydrogen-bond donors (Lipinski definition) is 2. The number of sulfonamides is 1. The van der Waals surface area contributed by atoms with Gasteiger partial charge in [0.1, 0.15) is 0 Å². The van der Waals surface area contributed by atoms with Crippen molar-refractivity contribution in [3.63, 3.8) is 0 Å². The first-order valence-corrected chi connectivity index (χ1v) is 8.38. The summed E-state index contributed by atoms with van der Waals surface area (Å²) in [7, 11) is -3.53. The van der Waals surface area contributed by atoms with Crippen LogP contribution < -0.4 is 4.72 Å². The van der Waals surface area contributed by atoms with E-state index in [0.717, 1.165) is 5.56 Å². The van der Waals surface area contributed by atoms with Gasteiger partial charge in [0.15, 0.2) is 0 Å². The quantitative estimate of drug-likeness (QED) is 0.887. The van der Waals surface area contributed by atoms with Gasteiger partial charge in [-0.2, -0.15) is 0 Å². The van der Waals surface area contributed by atoms with Crippen LogP contribution in [-0.4, -0.2) is 13.5 Å². The van der Waals surface area contributed by atoms with Crippen molar-refractivity contribution in [2.75, 3.05) is 4.72 Å². The topological polar surface area (TPSA) is 66.4 Å². The Labute approximate surface area is 129 Å². The molecule has 0 heterocycles. The third kappa shape index (κ3) is 4.46. The second-order valence-corrected chi connectivity index (χ2v) is 6.93. The summed E-state index contributed by atoms with van der Waals surface area (Å²) in [5.74, 6) is -0.160. The van der Waals surface area contributed by atoms with Gasteiger partial charge in [-0.1, -0.05) is 41.9 Å². The van der Waals surface area contributed by atoms with Crippen molar-refractivity contribution in [2.24, 2.45) is 0 Å². The highest BCUT2D eigenvalue weighted by Gasteiger charge is 2.12. The normalized spacial score (nSPS) is 11.4. The lowest BCUT2D eigenvalue weighted by atomic mass is 10.1. The second-order valence-electron chi connectivity index (χ2n) is 4.80. The second kappa shape index (κ2) is 6.47. The molecule has 0 radical (unpaired) electrons. The van der Waals surface area contributed by atoms with E-state index in [2.05, 4.69) is 4.72 Å². The standard InChI is InChI=1S/C15H16ClNO3S/c1-11-5-6-14(8-15(11)16)17-21(19,20)10-13-4-2-3-12(7-13)9-18/h2-8,17-18H,9-10H2,1H3. The van der Waals surface area contributed by atoms with Gasteiger partial charge in [0.05, 0.1) is 12.4 Å². The minimum Gasteiger partial charge on any atom is -0.392 e. The lowest BCUT2D eigenvalue weighted by Crippen LogP contribution is -2.15. The van der Waals surface area contributed by atoms with E-state index in [0.29, 0.717) is 21.8 Å². The molecular weight excluding hydrogens is 310 g/mol. The van der Waals surface area contributed by atoms with E-state index in [-0.39, 0.29) is 12.4 Å². The van der Waals surface area contributed by atoms with Crippen molar-refractivity contribution in [2.45, 2.75) is 19.3 Å². The maximum Gasteiger partial charge on any atom is 0.236 e. The summed E-state index contributed by atoms with van der Waals surface area (Å²) in [4.78, 5) is 0. The molecule has 112 valence electrons. The molecule has 0 saturated carbocycles. The first-order valence-electron chi connectivity index (χ1n) is 6.35. The molecule has 21 heavy (non-hydrogen) atoms. The summed E-state index contributed by atoms with van der Waals surface area (Å²) >= 11 is 5.98. The number of nitrogens with one attached hydrogen (secondary N) is 1. The Hall–Kier alpha value is -1.56. The van der Waals surface area contributed by atoms with Crippen molar-refractivity contribution in [3.05, 3.63) is 64.2 Å². The first-order chi connectivity index (χ1) is 9.89. The highest BCUT2D eigenvalue weighted by molar-refractivity contribution is 7.91. The van der Waals surface area contributed by atoms with E-state index in [1.165, 1.54) is 0 Å². The minimum absolute atomic E-state index is 0.116. The van der Waals surface area contributed by atoms with Crippen LogP contribution in [-0.2, 0) is 22.4 Å². The van der Waals surface area contributed by atoms with Crippen LogP contribution in [0.2, 0.25) is 5.02 Å². The average Bonchev–Trinajstić information content (AvgIpc) is 2.42. The number of aliphatic hydroxyl groups is 1. The van der Waals surface area contributed by atoms with Crippen LogP contribution in [0.4, 0.5) is 5.69 Å². The molecule has 6 heteroatoms. The fraction of sp³-hybridized carbons (Fsp3) is 0.200. The van der Waals surface area contributed by atoms with E-state index in [1.54, 1.807) is 42.5 Å². The third-order valence-electron chi connectivity index (χ3n) is 2.98. The molecule has 0 aliphatic carbocycles. The average molecular weight is 326 g/mol. The van der Waals surface area contributed by atoms with Crippen molar-refractivity contribution >= 4 is 27.3 Å². The molecule has 0 saturated heterocycles. The fourth-order valence-corrected chi connectivity index (χ4v) is 3.27. The largest absolute Gasteiger partial charge is 0.392 e. The van der Waals surface area contributed by atoms with Crippen LogP contribution in [0.3, 0.4) is 0 Å². The van der Waals surface area contributed by atoms with Gasteiger partial charge in [-0.15, -0.1) is 0 Å². The van der Waals surface area contributed by atoms with E-state index in [4.69, 9.17) is 16.7 Å². The Morgan fingerprint density at radius 1 is 1.14 bits per heavy atom. The summed E-state index contributed by atoms with van der Waals surface area (Å²) in [6.45, 7) is 1.73. The summed E-state index contributed by atoms with van der Waals surface area (Å²) in [6.07, 6.45) is 0. The lowest BCUT2D eigenvalue weighted by molar-refractivity contribution is 0.282. The summed E-state index contributed by atoms with van der Waals surface area (Å²) in [5.41, 5.74) is 2.62. The molecule has 4 nitrogen and oxygen atoms in total. The summed E-state index contributed by atoms with van der Waals surface area (Å²) < 4.78 is 26.8. The Balaban J connectivity index is 2.16. The molecule has 0 fully saturated rings. The zero-order chi connectivity index (χ0) is 15.5. The van der Waals surface area contributed by atoms with Crippen molar-refractivity contribution < 1.29 is 13.5 Å². The van der Waals surface area contributed by atoms with Crippen LogP contribution in [0.15, 0.2) is 42.5 Å². The van der Waals surface area contributed by atoms with Gasteiger partial charge in [-0.25, -0.2) is 8.42 Å². The monoisotopic (exact) mass is 325 g/mol. The first kappa shape index (κ1) is 15.8. The third-order valence-corrected chi connectivity index (χ3v) is 4.64. The molecule has 0 aliphatic rings. The number of rotatable bonds is 5. The smallest absolute Gasteiger partial charge is 0.236 e. The van der Waals surface area contributed by atoms with Gasteiger partial charge in [-0.3, -0.25) is 4.72 Å². The van der Waals surface area contributed by atoms with Crippen molar-refractivity contribution in [1.29, 1.82) is 0 Å². The molecule has 0 aromatic heterocycles. The highest BCUT2D eigenvalue weighted by Crippen LogP contribution is 2.21. The maximum atomic E-state index is 12.1. The van der Waals surface area contributed by atoms with Gasteiger partial charge >= 0.3 is 0 Å². The molecule has 0 amide bonds. The molecule has 0 aliphatic heterocycles. The Morgan fingerprint density at radius 2 is 1.86 bits per heavy atom. The molecule has 0 unspecified atom stereocenters. The molecule has 0 bridgehead atoms. The number of anilines is 1. The van der Waals surface area contributed by atoms with E-state index >= 15 is 0 Å². The van der Waals surface area contributed by atoms with Gasteiger partial charge in [-0.05, 0) is 35.7 Å². The van der Waals surface area contributed by atoms with Crippen LogP contribution in [0, 0.1) is 6.92 Å². The number of aliphatic hydroxyl groups excluding tert-OH is 1. The van der Waals surface area contributed by atoms with Gasteiger partial charge < -0.3 is 5.11 Å². The number of hydrogen-bond acceptors (Lipinski definition) is 3. The van der Waals surface area contributed by atoms with Gasteiger partial charge in [0.2, 0.25) is 10.0 Å². The molecule has 2 rings (SSSR count). The molecule has 0 atom stereocenters.